The fourth-order valence-electron chi connectivity index (χ4n) is 10.1. The van der Waals surface area contributed by atoms with Crippen LogP contribution >= 0.6 is 0 Å². The molecule has 17 heteroatoms. The topological polar surface area (TPSA) is 135 Å². The molecule has 310 valence electrons. The van der Waals surface area contributed by atoms with Crippen LogP contribution in [0.4, 0.5) is 32.3 Å². The van der Waals surface area contributed by atoms with Crippen LogP contribution < -0.4 is 15.0 Å². The monoisotopic (exact) mass is 813 g/mol. The molecule has 1 amide bonds. The van der Waals surface area contributed by atoms with E-state index in [9.17, 15) is 36.6 Å². The summed E-state index contributed by atoms with van der Waals surface area (Å²) in [6.45, 7) is 4.15. The SMILES string of the molecule is CC1CC2CC(C)C(NC(=O)c3cnc(-c4cn(C5CCC(F)(F)CC5)c5cc(OC6CCN(c7ncccn7)CC6F)ccc45)nc3C(F)(F)F)(C(=O)O)C(C1)C2. The number of carbonyl (C=O) groups excluding carboxylic acids is 1. The molecule has 0 spiro atoms. The van der Waals surface area contributed by atoms with E-state index in [1.807, 2.05) is 6.92 Å². The first-order chi connectivity index (χ1) is 27.5. The average molecular weight is 814 g/mol. The smallest absolute Gasteiger partial charge is 0.434 e. The molecule has 1 aromatic carbocycles. The summed E-state index contributed by atoms with van der Waals surface area (Å²) >= 11 is 0. The maximum absolute atomic E-state index is 15.5. The third kappa shape index (κ3) is 7.44. The molecule has 8 rings (SSSR count). The lowest BCUT2D eigenvalue weighted by Gasteiger charge is -2.52. The Hall–Kier alpha value is -4.96. The maximum Gasteiger partial charge on any atom is 0.434 e. The van der Waals surface area contributed by atoms with Crippen molar-refractivity contribution in [2.45, 2.75) is 108 Å². The van der Waals surface area contributed by atoms with Gasteiger partial charge in [-0.1, -0.05) is 13.8 Å². The van der Waals surface area contributed by atoms with Gasteiger partial charge >= 0.3 is 12.1 Å². The van der Waals surface area contributed by atoms with Crippen LogP contribution in [0, 0.1) is 23.7 Å². The van der Waals surface area contributed by atoms with Crippen LogP contribution in [0.5, 0.6) is 5.75 Å². The second kappa shape index (κ2) is 15.0. The fraction of sp³-hybridized carbons (Fsp3) is 0.561. The van der Waals surface area contributed by atoms with Crippen LogP contribution in [0.25, 0.3) is 22.3 Å². The predicted molar refractivity (Wildman–Crippen MR) is 200 cm³/mol. The minimum absolute atomic E-state index is 0.00278. The van der Waals surface area contributed by atoms with Gasteiger partial charge in [0.2, 0.25) is 11.9 Å². The first-order valence-electron chi connectivity index (χ1n) is 19.9. The number of carboxylic acid groups (broad SMARTS) is 1. The number of halogens is 6. The van der Waals surface area contributed by atoms with E-state index in [1.54, 1.807) is 53.0 Å². The summed E-state index contributed by atoms with van der Waals surface area (Å²) in [7, 11) is 0. The van der Waals surface area contributed by atoms with Gasteiger partial charge in [0.15, 0.2) is 17.7 Å². The number of hydrogen-bond donors (Lipinski definition) is 2. The molecule has 7 atom stereocenters. The molecule has 3 aromatic heterocycles. The van der Waals surface area contributed by atoms with Gasteiger partial charge in [0.25, 0.3) is 5.91 Å². The molecular formula is C41H45F6N7O4. The van der Waals surface area contributed by atoms with Gasteiger partial charge in [-0.25, -0.2) is 37.9 Å². The highest BCUT2D eigenvalue weighted by molar-refractivity contribution is 6.00. The van der Waals surface area contributed by atoms with Crippen LogP contribution in [-0.4, -0.2) is 78.3 Å². The minimum Gasteiger partial charge on any atom is -0.487 e. The summed E-state index contributed by atoms with van der Waals surface area (Å²) in [4.78, 5) is 45.0. The standard InChI is InChI=1S/C41H45F6N7O4/c1-22-14-24-16-23(2)40(37(56)57,25(15-22)17-24)52-36(55)29-19-50-35(51-34(29)41(45,46)47)30-20-54(26-6-9-39(43,44)10-7-26)32-18-27(4-5-28(30)32)58-33-8-13-53(21-31(33)42)38-48-11-3-12-49-38/h3-5,11-12,18-20,22-26,31,33H,6-10,13-17,21H2,1-2H3,(H,52,55)(H,56,57). The lowest BCUT2D eigenvalue weighted by molar-refractivity contribution is -0.155. The molecule has 1 saturated heterocycles. The molecular weight excluding hydrogens is 768 g/mol. The Bertz CT molecular complexity index is 2170. The van der Waals surface area contributed by atoms with E-state index in [2.05, 4.69) is 25.3 Å². The lowest BCUT2D eigenvalue weighted by atomic mass is 9.56. The number of benzene rings is 1. The summed E-state index contributed by atoms with van der Waals surface area (Å²) in [5.41, 5.74) is -3.62. The zero-order valence-corrected chi connectivity index (χ0v) is 32.1. The van der Waals surface area contributed by atoms with Crippen molar-refractivity contribution in [3.63, 3.8) is 0 Å². The number of piperidine rings is 1. The second-order valence-electron chi connectivity index (χ2n) is 16.8. The van der Waals surface area contributed by atoms with E-state index in [4.69, 9.17) is 4.74 Å². The van der Waals surface area contributed by atoms with Crippen molar-refractivity contribution in [3.8, 4) is 17.1 Å². The molecule has 3 aliphatic carbocycles. The summed E-state index contributed by atoms with van der Waals surface area (Å²) in [6, 6.07) is 5.98. The van der Waals surface area contributed by atoms with Gasteiger partial charge in [0.05, 0.1) is 17.6 Å². The highest BCUT2D eigenvalue weighted by Gasteiger charge is 2.57. The summed E-state index contributed by atoms with van der Waals surface area (Å²) in [5, 5.41) is 13.5. The van der Waals surface area contributed by atoms with Crippen LogP contribution in [0.15, 0.2) is 49.1 Å². The van der Waals surface area contributed by atoms with Crippen molar-refractivity contribution >= 4 is 28.7 Å². The Labute approximate surface area is 330 Å². The predicted octanol–water partition coefficient (Wildman–Crippen LogP) is 8.30. The molecule has 11 nitrogen and oxygen atoms in total. The van der Waals surface area contributed by atoms with Gasteiger partial charge in [-0.3, -0.25) is 4.79 Å². The van der Waals surface area contributed by atoms with Crippen LogP contribution in [0.1, 0.15) is 93.7 Å². The number of nitrogens with zero attached hydrogens (tertiary/aromatic N) is 6. The Morgan fingerprint density at radius 2 is 1.74 bits per heavy atom. The second-order valence-corrected chi connectivity index (χ2v) is 16.8. The van der Waals surface area contributed by atoms with Gasteiger partial charge in [-0.2, -0.15) is 13.2 Å². The molecule has 3 saturated carbocycles. The molecule has 58 heavy (non-hydrogen) atoms. The Kier molecular flexibility index (Phi) is 10.3. The first kappa shape index (κ1) is 39.8. The Morgan fingerprint density at radius 1 is 1.00 bits per heavy atom. The van der Waals surface area contributed by atoms with Crippen LogP contribution in [0.2, 0.25) is 0 Å². The van der Waals surface area contributed by atoms with Crippen molar-refractivity contribution < 1.29 is 45.8 Å². The van der Waals surface area contributed by atoms with Gasteiger partial charge in [0.1, 0.15) is 17.4 Å². The number of amides is 1. The molecule has 2 N–H and O–H groups in total. The number of ether oxygens (including phenoxy) is 1. The maximum atomic E-state index is 15.5. The number of hydrogen-bond acceptors (Lipinski definition) is 8. The number of nitrogens with one attached hydrogen (secondary N) is 1. The quantitative estimate of drug-likeness (QED) is 0.169. The normalized spacial score (nSPS) is 28.9. The first-order valence-corrected chi connectivity index (χ1v) is 19.9. The number of aliphatic carboxylic acids is 1. The molecule has 4 heterocycles. The number of carboxylic acids is 1. The molecule has 1 aliphatic heterocycles. The van der Waals surface area contributed by atoms with Crippen LogP contribution in [0.3, 0.4) is 0 Å². The zero-order chi connectivity index (χ0) is 41.1. The number of alkyl halides is 6. The Morgan fingerprint density at radius 3 is 2.43 bits per heavy atom. The third-order valence-electron chi connectivity index (χ3n) is 12.9. The fourth-order valence-corrected chi connectivity index (χ4v) is 10.1. The van der Waals surface area contributed by atoms with E-state index in [1.165, 1.54) is 6.20 Å². The van der Waals surface area contributed by atoms with Crippen LogP contribution in [-0.2, 0) is 11.0 Å². The molecule has 4 aromatic rings. The summed E-state index contributed by atoms with van der Waals surface area (Å²) in [6.07, 6.45) is 0.300. The lowest BCUT2D eigenvalue weighted by Crippen LogP contribution is -2.66. The van der Waals surface area contributed by atoms with Crippen molar-refractivity contribution in [2.24, 2.45) is 23.7 Å². The number of fused-ring (bicyclic) bond motifs is 3. The van der Waals surface area contributed by atoms with E-state index in [-0.39, 0.29) is 61.2 Å². The largest absolute Gasteiger partial charge is 0.487 e. The van der Waals surface area contributed by atoms with E-state index >= 15 is 4.39 Å². The van der Waals surface area contributed by atoms with Gasteiger partial charge in [-0.05, 0) is 80.4 Å². The molecule has 0 radical (unpaired) electrons. The van der Waals surface area contributed by atoms with Crippen molar-refractivity contribution in [1.82, 2.24) is 29.8 Å². The zero-order valence-electron chi connectivity index (χ0n) is 32.1. The van der Waals surface area contributed by atoms with Gasteiger partial charge < -0.3 is 24.6 Å². The summed E-state index contributed by atoms with van der Waals surface area (Å²) in [5.74, 6) is -5.59. The van der Waals surface area contributed by atoms with Gasteiger partial charge in [0, 0.05) is 73.7 Å². The average Bonchev–Trinajstić information content (AvgIpc) is 3.55. The van der Waals surface area contributed by atoms with Crippen molar-refractivity contribution in [1.29, 1.82) is 0 Å². The molecule has 4 fully saturated rings. The number of rotatable bonds is 8. The number of carbonyl (C=O) groups is 2. The van der Waals surface area contributed by atoms with Crippen molar-refractivity contribution in [3.05, 3.63) is 60.3 Å². The van der Waals surface area contributed by atoms with Gasteiger partial charge in [-0.15, -0.1) is 0 Å². The third-order valence-corrected chi connectivity index (χ3v) is 12.9. The van der Waals surface area contributed by atoms with E-state index in [0.717, 1.165) is 12.6 Å². The minimum atomic E-state index is -5.14. The molecule has 4 aliphatic rings. The Balaban J connectivity index is 1.12. The summed E-state index contributed by atoms with van der Waals surface area (Å²) < 4.78 is 96.5. The molecule has 7 unspecified atom stereocenters. The van der Waals surface area contributed by atoms with E-state index < -0.39 is 70.9 Å². The number of aromatic nitrogens is 5. The molecule has 2 bridgehead atoms. The highest BCUT2D eigenvalue weighted by atomic mass is 19.4. The highest BCUT2D eigenvalue weighted by Crippen LogP contribution is 2.51. The number of anilines is 1. The van der Waals surface area contributed by atoms with E-state index in [0.29, 0.717) is 49.1 Å². The van der Waals surface area contributed by atoms with Crippen molar-refractivity contribution in [2.75, 3.05) is 18.0 Å².